The van der Waals surface area contributed by atoms with E-state index in [0.717, 1.165) is 0 Å². The van der Waals surface area contributed by atoms with E-state index in [1.165, 1.54) is 176 Å². The van der Waals surface area contributed by atoms with Crippen LogP contribution in [0.5, 0.6) is 0 Å². The van der Waals surface area contributed by atoms with Gasteiger partial charge in [-0.25, -0.2) is 0 Å². The van der Waals surface area contributed by atoms with Gasteiger partial charge in [0.25, 0.3) is 13.4 Å². The molecule has 0 atom stereocenters. The van der Waals surface area contributed by atoms with Gasteiger partial charge in [0.05, 0.1) is 11.0 Å². The molecule has 3 nitrogen and oxygen atoms in total. The molecule has 382 valence electrons. The number of aromatic nitrogens is 3. The van der Waals surface area contributed by atoms with Gasteiger partial charge in [-0.2, -0.15) is 0 Å². The highest BCUT2D eigenvalue weighted by molar-refractivity contribution is 7.04. The minimum absolute atomic E-state index is 0.00540. The summed E-state index contributed by atoms with van der Waals surface area (Å²) in [4.78, 5) is 0. The summed E-state index contributed by atoms with van der Waals surface area (Å²) in [6.07, 6.45) is 0. The first-order chi connectivity index (χ1) is 36.0. The molecule has 0 saturated carbocycles. The second-order valence-electron chi connectivity index (χ2n) is 29.7. The van der Waals surface area contributed by atoms with Gasteiger partial charge in [-0.3, -0.25) is 0 Å². The molecule has 0 aliphatic carbocycles. The summed E-state index contributed by atoms with van der Waals surface area (Å²) in [6.45, 7) is 45.5. The van der Waals surface area contributed by atoms with Crippen LogP contribution in [0.1, 0.15) is 154 Å². The van der Waals surface area contributed by atoms with E-state index in [0.29, 0.717) is 0 Å². The van der Waals surface area contributed by atoms with Crippen molar-refractivity contribution in [1.29, 1.82) is 0 Å². The van der Waals surface area contributed by atoms with Crippen molar-refractivity contribution in [2.75, 3.05) is 0 Å². The average Bonchev–Trinajstić information content (AvgIpc) is 4.17. The summed E-state index contributed by atoms with van der Waals surface area (Å²) in [7, 11) is 0. The fraction of sp³-hybridized carbons (Fsp3) is 0.333. The summed E-state index contributed by atoms with van der Waals surface area (Å²) in [5.41, 5.74) is 35.6. The molecule has 0 fully saturated rings. The minimum Gasteiger partial charge on any atom is -0.311 e. The third-order valence-electron chi connectivity index (χ3n) is 19.3. The molecule has 15 rings (SSSR count). The fourth-order valence-corrected chi connectivity index (χ4v) is 15.5. The van der Waals surface area contributed by atoms with E-state index >= 15 is 0 Å². The largest absolute Gasteiger partial charge is 0.311 e. The van der Waals surface area contributed by atoms with E-state index in [-0.39, 0.29) is 40.5 Å². The van der Waals surface area contributed by atoms with Gasteiger partial charge >= 0.3 is 0 Å². The quantitative estimate of drug-likeness (QED) is 0.146. The molecule has 3 aromatic heterocycles. The molecule has 0 saturated heterocycles. The van der Waals surface area contributed by atoms with Gasteiger partial charge < -0.3 is 13.7 Å². The third-order valence-corrected chi connectivity index (χ3v) is 19.3. The Labute approximate surface area is 456 Å². The second-order valence-corrected chi connectivity index (χ2v) is 29.7. The van der Waals surface area contributed by atoms with Crippen LogP contribution in [0.3, 0.4) is 0 Å². The second kappa shape index (κ2) is 14.3. The monoisotopic (exact) mass is 1000 g/mol. The molecule has 0 amide bonds. The molecule has 4 aliphatic rings. The van der Waals surface area contributed by atoms with Crippen LogP contribution in [-0.2, 0) is 27.1 Å². The summed E-state index contributed by atoms with van der Waals surface area (Å²) >= 11 is 0. The normalized spacial score (nSPS) is 14.6. The molecule has 7 heterocycles. The maximum absolute atomic E-state index is 2.84. The lowest BCUT2D eigenvalue weighted by Gasteiger charge is -2.43. The predicted molar refractivity (Wildman–Crippen MR) is 337 cm³/mol. The molecule has 4 aliphatic heterocycles. The first-order valence-electron chi connectivity index (χ1n) is 28.7. The van der Waals surface area contributed by atoms with Crippen molar-refractivity contribution in [3.05, 3.63) is 147 Å². The Morgan fingerprint density at radius 3 is 1.13 bits per heavy atom. The highest BCUT2D eigenvalue weighted by atomic mass is 15.1. The molecule has 8 aromatic carbocycles. The molecule has 0 N–H and O–H groups in total. The zero-order valence-corrected chi connectivity index (χ0v) is 49.2. The Kier molecular flexibility index (Phi) is 8.82. The predicted octanol–water partition coefficient (Wildman–Crippen LogP) is 14.7. The van der Waals surface area contributed by atoms with Crippen LogP contribution in [0.15, 0.2) is 97.1 Å². The van der Waals surface area contributed by atoms with E-state index in [4.69, 9.17) is 0 Å². The summed E-state index contributed by atoms with van der Waals surface area (Å²) < 4.78 is 8.39. The van der Waals surface area contributed by atoms with Crippen LogP contribution in [-0.4, -0.2) is 27.1 Å². The zero-order chi connectivity index (χ0) is 54.2. The van der Waals surface area contributed by atoms with Gasteiger partial charge in [0.15, 0.2) is 0 Å². The number of rotatable bonds is 1. The Bertz CT molecular complexity index is 4600. The molecule has 0 spiro atoms. The van der Waals surface area contributed by atoms with Gasteiger partial charge in [-0.1, -0.05) is 164 Å². The zero-order valence-electron chi connectivity index (χ0n) is 49.2. The fourth-order valence-electron chi connectivity index (χ4n) is 15.5. The SMILES string of the molecule is Cc1cc(C)c(-c2ccc3c4cc(C(C)(C)C)cc5c4n(c3c2)-c2c(C)c3c4c6c2B5c2cc(C(C)(C)C)cc5c7cc(C(C)(C)C)cc(c7n-6c25)B4c2cc(C(C)(C)C)cc4c5cc(C(C)(C)C)ccc5n-3c24)c(C)c1. The Morgan fingerprint density at radius 1 is 0.325 bits per heavy atom. The van der Waals surface area contributed by atoms with E-state index < -0.39 is 0 Å². The number of hydrogen-bond donors (Lipinski definition) is 0. The number of benzene rings is 8. The first-order valence-corrected chi connectivity index (χ1v) is 28.7. The molecular formula is C72H73B2N3. The molecule has 0 radical (unpaired) electrons. The van der Waals surface area contributed by atoms with Crippen molar-refractivity contribution in [3.63, 3.8) is 0 Å². The molecule has 77 heavy (non-hydrogen) atoms. The molecule has 11 aromatic rings. The Morgan fingerprint density at radius 2 is 0.701 bits per heavy atom. The van der Waals surface area contributed by atoms with Gasteiger partial charge in [-0.15, -0.1) is 0 Å². The Balaban J connectivity index is 1.23. The van der Waals surface area contributed by atoms with Crippen molar-refractivity contribution < 1.29 is 0 Å². The third kappa shape index (κ3) is 5.97. The summed E-state index contributed by atoms with van der Waals surface area (Å²) in [5, 5.41) is 8.20. The number of nitrogens with zero attached hydrogens (tertiary/aromatic N) is 3. The van der Waals surface area contributed by atoms with Crippen molar-refractivity contribution in [1.82, 2.24) is 13.7 Å². The van der Waals surface area contributed by atoms with Gasteiger partial charge in [-0.05, 0) is 186 Å². The topological polar surface area (TPSA) is 14.8 Å². The molecule has 0 bridgehead atoms. The Hall–Kier alpha value is -6.71. The van der Waals surface area contributed by atoms with E-state index in [9.17, 15) is 0 Å². The maximum Gasteiger partial charge on any atom is 0.252 e. The van der Waals surface area contributed by atoms with Gasteiger partial charge in [0.2, 0.25) is 0 Å². The van der Waals surface area contributed by atoms with Crippen LogP contribution in [0.2, 0.25) is 0 Å². The number of hydrogen-bond acceptors (Lipinski definition) is 0. The van der Waals surface area contributed by atoms with E-state index in [2.05, 4.69) is 242 Å². The van der Waals surface area contributed by atoms with Crippen LogP contribution in [0.4, 0.5) is 0 Å². The number of aryl methyl sites for hydroxylation is 3. The molecule has 5 heteroatoms. The number of fused-ring (bicyclic) bond motifs is 13. The summed E-state index contributed by atoms with van der Waals surface area (Å²) in [5.74, 6) is 0. The van der Waals surface area contributed by atoms with Gasteiger partial charge in [0, 0.05) is 71.4 Å². The summed E-state index contributed by atoms with van der Waals surface area (Å²) in [6, 6.07) is 40.6. The van der Waals surface area contributed by atoms with Crippen LogP contribution in [0.25, 0.3) is 93.6 Å². The first kappa shape index (κ1) is 47.5. The lowest BCUT2D eigenvalue weighted by molar-refractivity contribution is 0.590. The van der Waals surface area contributed by atoms with Crippen molar-refractivity contribution in [3.8, 4) is 28.2 Å². The smallest absolute Gasteiger partial charge is 0.252 e. The van der Waals surface area contributed by atoms with Gasteiger partial charge in [0.1, 0.15) is 0 Å². The minimum atomic E-state index is -0.0762. The van der Waals surface area contributed by atoms with Crippen LogP contribution in [0, 0.1) is 27.7 Å². The van der Waals surface area contributed by atoms with Crippen molar-refractivity contribution in [2.45, 2.75) is 159 Å². The molecule has 0 unspecified atom stereocenters. The van der Waals surface area contributed by atoms with Crippen LogP contribution >= 0.6 is 0 Å². The average molecular weight is 1000 g/mol. The lowest BCUT2D eigenvalue weighted by atomic mass is 9.29. The standard InChI is InChI=1S/C72H73B2N3/c1-36-24-37(2)58(38(3)25-36)40-20-22-46-48-28-42(69(8,9)10)32-52-63(48)76(57(46)26-40)62-39(4)61-59-67-60(62)73(52)54-34-44(71(14,15)16)30-50-51-31-45(72(17,18)19)35-55(66(51)77(67)65(50)54)74(59)53-33-43(70(11,12)13)29-49-47-27-41(68(5,6)7)21-23-56(47)75(61)64(49)53/h20-35H,1-19H3. The highest BCUT2D eigenvalue weighted by Gasteiger charge is 2.51. The molecular weight excluding hydrogens is 928 g/mol. The lowest BCUT2D eigenvalue weighted by Crippen LogP contribution is -2.67. The highest BCUT2D eigenvalue weighted by Crippen LogP contribution is 2.48. The van der Waals surface area contributed by atoms with E-state index in [1.807, 2.05) is 0 Å². The van der Waals surface area contributed by atoms with Crippen molar-refractivity contribution >= 4 is 112 Å². The maximum atomic E-state index is 2.84. The van der Waals surface area contributed by atoms with E-state index in [1.54, 1.807) is 0 Å². The van der Waals surface area contributed by atoms with Crippen LogP contribution < -0.4 is 32.8 Å². The van der Waals surface area contributed by atoms with Crippen molar-refractivity contribution in [2.24, 2.45) is 0 Å².